The van der Waals surface area contributed by atoms with Crippen LogP contribution in [0, 0.1) is 5.82 Å². The molecule has 0 spiro atoms. The van der Waals surface area contributed by atoms with E-state index >= 15 is 0 Å². The molecule has 0 heterocycles. The lowest BCUT2D eigenvalue weighted by Gasteiger charge is -2.26. The highest BCUT2D eigenvalue weighted by Gasteiger charge is 2.20. The minimum absolute atomic E-state index is 0.0998. The number of urea groups is 1. The van der Waals surface area contributed by atoms with Crippen LogP contribution >= 0.6 is 0 Å². The third-order valence-electron chi connectivity index (χ3n) is 3.21. The van der Waals surface area contributed by atoms with Gasteiger partial charge in [0.2, 0.25) is 0 Å². The Kier molecular flexibility index (Phi) is 6.80. The summed E-state index contributed by atoms with van der Waals surface area (Å²) in [4.78, 5) is 13.4. The van der Waals surface area contributed by atoms with Crippen LogP contribution in [0.3, 0.4) is 0 Å². The minimum atomic E-state index is -3.16. The number of amides is 2. The highest BCUT2D eigenvalue weighted by Crippen LogP contribution is 2.11. The second-order valence-corrected chi connectivity index (χ2v) is 7.85. The maximum Gasteiger partial charge on any atom is 0.317 e. The van der Waals surface area contributed by atoms with Gasteiger partial charge in [-0.2, -0.15) is 0 Å². The van der Waals surface area contributed by atoms with Gasteiger partial charge in [0.05, 0.1) is 11.8 Å². The first-order chi connectivity index (χ1) is 10.6. The van der Waals surface area contributed by atoms with Gasteiger partial charge < -0.3 is 15.0 Å². The molecule has 1 aromatic rings. The average molecular weight is 346 g/mol. The Hall–Kier alpha value is -1.83. The molecule has 6 nitrogen and oxygen atoms in total. The van der Waals surface area contributed by atoms with E-state index in [1.165, 1.54) is 29.2 Å². The Morgan fingerprint density at radius 1 is 1.30 bits per heavy atom. The Morgan fingerprint density at radius 3 is 2.39 bits per heavy atom. The second kappa shape index (κ2) is 8.14. The first-order valence-corrected chi connectivity index (χ1v) is 9.24. The number of halogens is 1. The van der Waals surface area contributed by atoms with Crippen LogP contribution in [-0.2, 0) is 9.84 Å². The van der Waals surface area contributed by atoms with E-state index in [4.69, 9.17) is 4.74 Å². The van der Waals surface area contributed by atoms with E-state index in [2.05, 4.69) is 5.32 Å². The van der Waals surface area contributed by atoms with Crippen LogP contribution in [0.25, 0.3) is 0 Å². The van der Waals surface area contributed by atoms with Gasteiger partial charge in [0.15, 0.2) is 0 Å². The normalized spacial score (nSPS) is 14.0. The number of hydrogen-bond acceptors (Lipinski definition) is 4. The van der Waals surface area contributed by atoms with Crippen molar-refractivity contribution in [1.82, 2.24) is 10.2 Å². The fourth-order valence-electron chi connectivity index (χ4n) is 1.86. The molecule has 0 aliphatic rings. The van der Waals surface area contributed by atoms with Gasteiger partial charge in [0, 0.05) is 19.3 Å². The van der Waals surface area contributed by atoms with Crippen LogP contribution in [0.4, 0.5) is 9.18 Å². The highest BCUT2D eigenvalue weighted by molar-refractivity contribution is 7.90. The van der Waals surface area contributed by atoms with Crippen molar-refractivity contribution < 1.29 is 22.3 Å². The van der Waals surface area contributed by atoms with Crippen LogP contribution < -0.4 is 10.1 Å². The van der Waals surface area contributed by atoms with Crippen molar-refractivity contribution in [2.45, 2.75) is 25.9 Å². The summed E-state index contributed by atoms with van der Waals surface area (Å²) in [7, 11) is -1.62. The summed E-state index contributed by atoms with van der Waals surface area (Å²) < 4.78 is 40.8. The molecule has 0 bridgehead atoms. The van der Waals surface area contributed by atoms with E-state index in [0.29, 0.717) is 5.75 Å². The summed E-state index contributed by atoms with van der Waals surface area (Å²) in [5.74, 6) is 0.0590. The molecular weight excluding hydrogens is 323 g/mol. The first kappa shape index (κ1) is 19.2. The number of nitrogens with one attached hydrogen (secondary N) is 1. The quantitative estimate of drug-likeness (QED) is 0.815. The molecule has 2 amide bonds. The SMILES string of the molecule is C[C@H](COc1ccc(F)cc1)NC(=O)N(C)[C@H](C)CS(C)(=O)=O. The Labute approximate surface area is 136 Å². The molecule has 0 aliphatic carbocycles. The number of ether oxygens (including phenoxy) is 1. The number of benzene rings is 1. The van der Waals surface area contributed by atoms with E-state index in [9.17, 15) is 17.6 Å². The monoisotopic (exact) mass is 346 g/mol. The van der Waals surface area contributed by atoms with Crippen molar-refractivity contribution in [2.75, 3.05) is 25.7 Å². The van der Waals surface area contributed by atoms with Gasteiger partial charge in [-0.15, -0.1) is 0 Å². The zero-order chi connectivity index (χ0) is 17.6. The van der Waals surface area contributed by atoms with E-state index in [0.717, 1.165) is 6.26 Å². The van der Waals surface area contributed by atoms with Gasteiger partial charge in [0.1, 0.15) is 28.0 Å². The zero-order valence-corrected chi connectivity index (χ0v) is 14.6. The van der Waals surface area contributed by atoms with Crippen molar-refractivity contribution in [3.8, 4) is 5.75 Å². The molecule has 1 rings (SSSR count). The second-order valence-electron chi connectivity index (χ2n) is 5.67. The number of carbonyl (C=O) groups is 1. The topological polar surface area (TPSA) is 75.7 Å². The zero-order valence-electron chi connectivity index (χ0n) is 13.7. The molecule has 0 radical (unpaired) electrons. The maximum atomic E-state index is 12.8. The number of nitrogens with zero attached hydrogens (tertiary/aromatic N) is 1. The molecule has 130 valence electrons. The largest absolute Gasteiger partial charge is 0.491 e. The molecule has 0 aliphatic heterocycles. The van der Waals surface area contributed by atoms with Gasteiger partial charge in [0.25, 0.3) is 0 Å². The van der Waals surface area contributed by atoms with Gasteiger partial charge >= 0.3 is 6.03 Å². The van der Waals surface area contributed by atoms with Crippen LogP contribution in [0.15, 0.2) is 24.3 Å². The predicted octanol–water partition coefficient (Wildman–Crippen LogP) is 1.67. The molecule has 0 saturated carbocycles. The van der Waals surface area contributed by atoms with E-state index in [1.807, 2.05) is 0 Å². The molecule has 0 fully saturated rings. The van der Waals surface area contributed by atoms with E-state index in [-0.39, 0.29) is 30.2 Å². The van der Waals surface area contributed by atoms with Crippen molar-refractivity contribution in [1.29, 1.82) is 0 Å². The molecule has 0 aromatic heterocycles. The molecule has 2 atom stereocenters. The molecular formula is C15H23FN2O4S. The summed E-state index contributed by atoms with van der Waals surface area (Å²) >= 11 is 0. The molecule has 1 N–H and O–H groups in total. The molecule has 1 aromatic carbocycles. The smallest absolute Gasteiger partial charge is 0.317 e. The lowest BCUT2D eigenvalue weighted by Crippen LogP contribution is -2.48. The van der Waals surface area contributed by atoms with Crippen molar-refractivity contribution in [2.24, 2.45) is 0 Å². The summed E-state index contributed by atoms with van der Waals surface area (Å²) in [5, 5.41) is 2.72. The standard InChI is InChI=1S/C15H23FN2O4S/c1-11(9-22-14-7-5-13(16)6-8-14)17-15(19)18(3)12(2)10-23(4,20)21/h5-8,11-12H,9-10H2,1-4H3,(H,17,19)/t11-,12-/m1/s1. The molecule has 0 saturated heterocycles. The third kappa shape index (κ3) is 7.32. The van der Waals surface area contributed by atoms with Crippen molar-refractivity contribution in [3.05, 3.63) is 30.1 Å². The van der Waals surface area contributed by atoms with E-state index in [1.54, 1.807) is 20.9 Å². The molecule has 8 heteroatoms. The fraction of sp³-hybridized carbons (Fsp3) is 0.533. The third-order valence-corrected chi connectivity index (χ3v) is 4.30. The molecule has 23 heavy (non-hydrogen) atoms. The number of sulfone groups is 1. The Bertz CT molecular complexity index is 619. The average Bonchev–Trinajstić information content (AvgIpc) is 2.44. The maximum absolute atomic E-state index is 12.8. The van der Waals surface area contributed by atoms with Crippen molar-refractivity contribution in [3.63, 3.8) is 0 Å². The van der Waals surface area contributed by atoms with Gasteiger partial charge in [-0.3, -0.25) is 0 Å². The van der Waals surface area contributed by atoms with Crippen LogP contribution in [0.1, 0.15) is 13.8 Å². The first-order valence-electron chi connectivity index (χ1n) is 7.18. The summed E-state index contributed by atoms with van der Waals surface area (Å²) in [6, 6.07) is 4.49. The summed E-state index contributed by atoms with van der Waals surface area (Å²) in [6.07, 6.45) is 1.13. The summed E-state index contributed by atoms with van der Waals surface area (Å²) in [6.45, 7) is 3.64. The highest BCUT2D eigenvalue weighted by atomic mass is 32.2. The molecule has 0 unspecified atom stereocenters. The number of carbonyl (C=O) groups excluding carboxylic acids is 1. The van der Waals surface area contributed by atoms with Crippen LogP contribution in [-0.4, -0.2) is 57.1 Å². The lowest BCUT2D eigenvalue weighted by molar-refractivity contribution is 0.187. The minimum Gasteiger partial charge on any atom is -0.491 e. The number of hydrogen-bond donors (Lipinski definition) is 1. The fourth-order valence-corrected chi connectivity index (χ4v) is 2.96. The Morgan fingerprint density at radius 2 is 1.87 bits per heavy atom. The number of rotatable bonds is 7. The van der Waals surface area contributed by atoms with Crippen LogP contribution in [0.2, 0.25) is 0 Å². The Balaban J connectivity index is 2.44. The van der Waals surface area contributed by atoms with Gasteiger partial charge in [-0.1, -0.05) is 0 Å². The van der Waals surface area contributed by atoms with Gasteiger partial charge in [-0.25, -0.2) is 17.6 Å². The van der Waals surface area contributed by atoms with Crippen LogP contribution in [0.5, 0.6) is 5.75 Å². The lowest BCUT2D eigenvalue weighted by atomic mass is 10.3. The summed E-state index contributed by atoms with van der Waals surface area (Å²) in [5.41, 5.74) is 0. The van der Waals surface area contributed by atoms with Gasteiger partial charge in [-0.05, 0) is 38.1 Å². The van der Waals surface area contributed by atoms with E-state index < -0.39 is 15.9 Å². The van der Waals surface area contributed by atoms with Crippen molar-refractivity contribution >= 4 is 15.9 Å². The predicted molar refractivity (Wildman–Crippen MR) is 86.8 cm³/mol.